The number of benzene rings is 2. The predicted octanol–water partition coefficient (Wildman–Crippen LogP) is 6.80. The van der Waals surface area contributed by atoms with Crippen molar-refractivity contribution in [3.63, 3.8) is 0 Å². The van der Waals surface area contributed by atoms with Crippen LogP contribution in [0.2, 0.25) is 0 Å². The van der Waals surface area contributed by atoms with Crippen LogP contribution in [0.15, 0.2) is 54.6 Å². The molecule has 2 aromatic rings. The van der Waals surface area contributed by atoms with Gasteiger partial charge < -0.3 is 9.47 Å². The van der Waals surface area contributed by atoms with Gasteiger partial charge in [-0.2, -0.15) is 0 Å². The minimum Gasteiger partial charge on any atom is -0.464 e. The fourth-order valence-electron chi connectivity index (χ4n) is 2.71. The normalized spacial score (nSPS) is 14.3. The summed E-state index contributed by atoms with van der Waals surface area (Å²) in [4.78, 5) is 0. The average molecular weight is 355 g/mol. The minimum absolute atomic E-state index is 0.0225. The smallest absolute Gasteiger partial charge is 0.205 e. The van der Waals surface area contributed by atoms with E-state index in [0.29, 0.717) is 0 Å². The molecule has 2 rings (SSSR count). The second kappa shape index (κ2) is 9.23. The van der Waals surface area contributed by atoms with E-state index in [-0.39, 0.29) is 17.8 Å². The van der Waals surface area contributed by atoms with Gasteiger partial charge in [0.15, 0.2) is 0 Å². The maximum absolute atomic E-state index is 6.29. The van der Waals surface area contributed by atoms with Crippen LogP contribution in [0.4, 0.5) is 0 Å². The van der Waals surface area contributed by atoms with Gasteiger partial charge in [0, 0.05) is 5.41 Å². The monoisotopic (exact) mass is 354 g/mol. The molecule has 26 heavy (non-hydrogen) atoms. The summed E-state index contributed by atoms with van der Waals surface area (Å²) in [5.74, 6) is 1.59. The third kappa shape index (κ3) is 6.49. The van der Waals surface area contributed by atoms with Crippen molar-refractivity contribution in [1.82, 2.24) is 0 Å². The summed E-state index contributed by atoms with van der Waals surface area (Å²) in [6.07, 6.45) is 1.98. The number of aryl methyl sites for hydroxylation is 1. The molecular formula is C24H34O2. The zero-order valence-corrected chi connectivity index (χ0v) is 17.2. The van der Waals surface area contributed by atoms with Crippen LogP contribution in [0.5, 0.6) is 5.75 Å². The summed E-state index contributed by atoms with van der Waals surface area (Å²) in [5.41, 5.74) is 2.39. The summed E-state index contributed by atoms with van der Waals surface area (Å²) in [6, 6.07) is 18.7. The number of hydrogen-bond donors (Lipinski definition) is 0. The summed E-state index contributed by atoms with van der Waals surface area (Å²) in [5, 5.41) is 0. The maximum Gasteiger partial charge on any atom is 0.205 e. The Balaban J connectivity index is 2.04. The first-order valence-corrected chi connectivity index (χ1v) is 9.71. The molecule has 0 saturated carbocycles. The van der Waals surface area contributed by atoms with Crippen LogP contribution in [0.1, 0.15) is 65.2 Å². The fourth-order valence-corrected chi connectivity index (χ4v) is 2.71. The molecule has 2 aromatic carbocycles. The molecule has 2 heteroatoms. The molecular weight excluding hydrogens is 320 g/mol. The van der Waals surface area contributed by atoms with Crippen molar-refractivity contribution in [2.45, 2.75) is 66.8 Å². The molecule has 142 valence electrons. The molecule has 0 saturated heterocycles. The first-order chi connectivity index (χ1) is 12.3. The lowest BCUT2D eigenvalue weighted by molar-refractivity contribution is -0.169. The second-order valence-corrected chi connectivity index (χ2v) is 8.58. The van der Waals surface area contributed by atoms with Crippen molar-refractivity contribution in [2.24, 2.45) is 11.3 Å². The van der Waals surface area contributed by atoms with Crippen LogP contribution >= 0.6 is 0 Å². The van der Waals surface area contributed by atoms with Crippen molar-refractivity contribution >= 4 is 0 Å². The van der Waals surface area contributed by atoms with Crippen molar-refractivity contribution in [1.29, 1.82) is 0 Å². The van der Waals surface area contributed by atoms with Gasteiger partial charge in [0.1, 0.15) is 5.75 Å². The molecule has 0 radical (unpaired) electrons. The van der Waals surface area contributed by atoms with Gasteiger partial charge in [0.2, 0.25) is 6.29 Å². The minimum atomic E-state index is -0.320. The van der Waals surface area contributed by atoms with E-state index in [2.05, 4.69) is 77.9 Å². The zero-order valence-electron chi connectivity index (χ0n) is 17.2. The van der Waals surface area contributed by atoms with Gasteiger partial charge >= 0.3 is 0 Å². The Morgan fingerprint density at radius 2 is 1.46 bits per heavy atom. The van der Waals surface area contributed by atoms with E-state index in [1.807, 2.05) is 18.2 Å². The Morgan fingerprint density at radius 1 is 0.846 bits per heavy atom. The van der Waals surface area contributed by atoms with E-state index in [1.165, 1.54) is 12.0 Å². The fraction of sp³-hybridized carbons (Fsp3) is 0.500. The standard InChI is InChI=1S/C24H34O2/c1-18(2)12-13-20-14-16-22(17-15-20)26-23(24(4,5)6)25-19(3)21-10-8-7-9-11-21/h7-11,14-19,23H,12-13H2,1-6H3. The van der Waals surface area contributed by atoms with E-state index < -0.39 is 0 Å². The van der Waals surface area contributed by atoms with E-state index >= 15 is 0 Å². The van der Waals surface area contributed by atoms with Crippen LogP contribution in [-0.4, -0.2) is 6.29 Å². The SMILES string of the molecule is CC(C)CCc1ccc(OC(OC(C)c2ccccc2)C(C)(C)C)cc1. The quantitative estimate of drug-likeness (QED) is 0.485. The summed E-state index contributed by atoms with van der Waals surface area (Å²) >= 11 is 0. The van der Waals surface area contributed by atoms with Gasteiger partial charge in [0.05, 0.1) is 6.10 Å². The highest BCUT2D eigenvalue weighted by molar-refractivity contribution is 5.27. The summed E-state index contributed by atoms with van der Waals surface area (Å²) in [6.45, 7) is 13.0. The van der Waals surface area contributed by atoms with Crippen molar-refractivity contribution in [3.05, 3.63) is 65.7 Å². The second-order valence-electron chi connectivity index (χ2n) is 8.58. The molecule has 0 heterocycles. The number of hydrogen-bond acceptors (Lipinski definition) is 2. The Hall–Kier alpha value is -1.80. The highest BCUT2D eigenvalue weighted by Crippen LogP contribution is 2.30. The molecule has 2 atom stereocenters. The van der Waals surface area contributed by atoms with Crippen molar-refractivity contribution in [3.8, 4) is 5.75 Å². The lowest BCUT2D eigenvalue weighted by Crippen LogP contribution is -2.35. The number of rotatable bonds is 8. The third-order valence-corrected chi connectivity index (χ3v) is 4.48. The molecule has 2 nitrogen and oxygen atoms in total. The maximum atomic E-state index is 6.29. The Labute approximate surface area is 159 Å². The largest absolute Gasteiger partial charge is 0.464 e. The molecule has 0 aliphatic carbocycles. The molecule has 0 amide bonds. The van der Waals surface area contributed by atoms with Gasteiger partial charge in [-0.25, -0.2) is 0 Å². The van der Waals surface area contributed by atoms with Gasteiger partial charge in [-0.3, -0.25) is 0 Å². The van der Waals surface area contributed by atoms with Crippen LogP contribution in [0.25, 0.3) is 0 Å². The molecule has 2 unspecified atom stereocenters. The average Bonchev–Trinajstić information content (AvgIpc) is 2.60. The lowest BCUT2D eigenvalue weighted by atomic mass is 9.95. The van der Waals surface area contributed by atoms with E-state index in [4.69, 9.17) is 9.47 Å². The highest BCUT2D eigenvalue weighted by Gasteiger charge is 2.29. The predicted molar refractivity (Wildman–Crippen MR) is 109 cm³/mol. The van der Waals surface area contributed by atoms with Crippen molar-refractivity contribution in [2.75, 3.05) is 0 Å². The molecule has 0 aliphatic heterocycles. The van der Waals surface area contributed by atoms with Crippen LogP contribution in [0, 0.1) is 11.3 Å². The van der Waals surface area contributed by atoms with Crippen LogP contribution in [0.3, 0.4) is 0 Å². The summed E-state index contributed by atoms with van der Waals surface area (Å²) < 4.78 is 12.5. The number of ether oxygens (including phenoxy) is 2. The first-order valence-electron chi connectivity index (χ1n) is 9.71. The molecule has 0 aliphatic rings. The molecule has 0 bridgehead atoms. The van der Waals surface area contributed by atoms with Gasteiger partial charge in [-0.1, -0.05) is 77.1 Å². The molecule has 0 spiro atoms. The zero-order chi connectivity index (χ0) is 19.2. The lowest BCUT2D eigenvalue weighted by Gasteiger charge is -2.33. The van der Waals surface area contributed by atoms with E-state index in [9.17, 15) is 0 Å². The Kier molecular flexibility index (Phi) is 7.28. The van der Waals surface area contributed by atoms with Gasteiger partial charge in [-0.05, 0) is 48.9 Å². The van der Waals surface area contributed by atoms with Gasteiger partial charge in [0.25, 0.3) is 0 Å². The highest BCUT2D eigenvalue weighted by atomic mass is 16.7. The first kappa shape index (κ1) is 20.5. The Morgan fingerprint density at radius 3 is 2.00 bits per heavy atom. The van der Waals surface area contributed by atoms with Gasteiger partial charge in [-0.15, -0.1) is 0 Å². The molecule has 0 aromatic heterocycles. The third-order valence-electron chi connectivity index (χ3n) is 4.48. The van der Waals surface area contributed by atoms with Crippen molar-refractivity contribution < 1.29 is 9.47 Å². The Bertz CT molecular complexity index is 638. The van der Waals surface area contributed by atoms with Crippen LogP contribution < -0.4 is 4.74 Å². The molecule has 0 fully saturated rings. The van der Waals surface area contributed by atoms with Crippen LogP contribution in [-0.2, 0) is 11.2 Å². The van der Waals surface area contributed by atoms with E-state index in [0.717, 1.165) is 23.7 Å². The molecule has 0 N–H and O–H groups in total. The summed E-state index contributed by atoms with van der Waals surface area (Å²) in [7, 11) is 0. The topological polar surface area (TPSA) is 18.5 Å². The van der Waals surface area contributed by atoms with E-state index in [1.54, 1.807) is 0 Å².